The van der Waals surface area contributed by atoms with Crippen molar-refractivity contribution >= 4 is 17.9 Å². The second-order valence-corrected chi connectivity index (χ2v) is 7.68. The van der Waals surface area contributed by atoms with Crippen molar-refractivity contribution in [3.05, 3.63) is 70.6 Å². The SMILES string of the molecule is CN/C=C(\C(=N)N(C)CCOC)C1=CNC2=CC=C(NC(=N)C=C(C=N)C(C)C)NC2=C1. The average molecular weight is 439 g/mol. The van der Waals surface area contributed by atoms with Gasteiger partial charge < -0.3 is 36.3 Å². The Morgan fingerprint density at radius 2 is 2.00 bits per heavy atom. The molecule has 0 bridgehead atoms. The first kappa shape index (κ1) is 24.7. The van der Waals surface area contributed by atoms with E-state index in [4.69, 9.17) is 21.0 Å². The van der Waals surface area contributed by atoms with Gasteiger partial charge in [-0.15, -0.1) is 0 Å². The van der Waals surface area contributed by atoms with Gasteiger partial charge in [-0.3, -0.25) is 10.8 Å². The van der Waals surface area contributed by atoms with Crippen molar-refractivity contribution in [2.24, 2.45) is 5.92 Å². The van der Waals surface area contributed by atoms with E-state index >= 15 is 0 Å². The summed E-state index contributed by atoms with van der Waals surface area (Å²) in [5.74, 6) is 1.40. The fourth-order valence-electron chi connectivity index (χ4n) is 3.03. The Bertz CT molecular complexity index is 934. The van der Waals surface area contributed by atoms with E-state index in [-0.39, 0.29) is 11.8 Å². The molecule has 0 aromatic heterocycles. The molecule has 0 radical (unpaired) electrons. The second kappa shape index (κ2) is 11.7. The van der Waals surface area contributed by atoms with Crippen molar-refractivity contribution < 1.29 is 4.74 Å². The van der Waals surface area contributed by atoms with E-state index in [2.05, 4.69) is 21.3 Å². The third-order valence-electron chi connectivity index (χ3n) is 4.94. The van der Waals surface area contributed by atoms with Crippen molar-refractivity contribution in [2.45, 2.75) is 13.8 Å². The molecule has 9 heteroatoms. The Kier molecular flexibility index (Phi) is 9.03. The number of hydrogen-bond acceptors (Lipinski definition) is 7. The standard InChI is InChI=1S/C23H34N8O/c1-15(2)16(12-24)11-21(25)30-22-7-6-19-20(29-22)10-17(13-28-19)18(14-27-3)23(26)31(4)8-9-32-5/h6-7,10-15,24,26-29H,8-9H2,1-5H3,(H2,25,30)/b16-11?,18-14-,24-12?,26-23?. The van der Waals surface area contributed by atoms with Crippen LogP contribution in [0.3, 0.4) is 0 Å². The minimum Gasteiger partial charge on any atom is -0.393 e. The quantitative estimate of drug-likeness (QED) is 0.207. The summed E-state index contributed by atoms with van der Waals surface area (Å²) in [7, 11) is 5.31. The summed E-state index contributed by atoms with van der Waals surface area (Å²) < 4.78 is 5.13. The lowest BCUT2D eigenvalue weighted by molar-refractivity contribution is 0.182. The number of hydrogen-bond donors (Lipinski definition) is 7. The van der Waals surface area contributed by atoms with Gasteiger partial charge in [0.25, 0.3) is 0 Å². The van der Waals surface area contributed by atoms with Crippen LogP contribution in [0.2, 0.25) is 0 Å². The lowest BCUT2D eigenvalue weighted by Gasteiger charge is -2.27. The van der Waals surface area contributed by atoms with E-state index in [1.165, 1.54) is 6.21 Å². The smallest absolute Gasteiger partial charge is 0.130 e. The van der Waals surface area contributed by atoms with E-state index in [0.29, 0.717) is 24.8 Å². The van der Waals surface area contributed by atoms with E-state index in [9.17, 15) is 0 Å². The molecule has 0 aromatic rings. The maximum absolute atomic E-state index is 8.60. The van der Waals surface area contributed by atoms with Crippen LogP contribution in [0.4, 0.5) is 0 Å². The Morgan fingerprint density at radius 3 is 2.62 bits per heavy atom. The van der Waals surface area contributed by atoms with Crippen LogP contribution in [0.5, 0.6) is 0 Å². The summed E-state index contributed by atoms with van der Waals surface area (Å²) in [6.45, 7) is 5.13. The molecule has 32 heavy (non-hydrogen) atoms. The average Bonchev–Trinajstić information content (AvgIpc) is 2.78. The van der Waals surface area contributed by atoms with Crippen LogP contribution >= 0.6 is 0 Å². The first-order valence-electron chi connectivity index (χ1n) is 10.4. The second-order valence-electron chi connectivity index (χ2n) is 7.68. The Balaban J connectivity index is 2.17. The molecule has 0 spiro atoms. The highest BCUT2D eigenvalue weighted by Gasteiger charge is 2.20. The summed E-state index contributed by atoms with van der Waals surface area (Å²) in [5.41, 5.74) is 4.08. The minimum atomic E-state index is 0.169. The van der Waals surface area contributed by atoms with Gasteiger partial charge in [0.15, 0.2) is 0 Å². The highest BCUT2D eigenvalue weighted by molar-refractivity contribution is 6.01. The number of likely N-dealkylation sites (N-methyl/N-ethyl adjacent to an activating group) is 1. The summed E-state index contributed by atoms with van der Waals surface area (Å²) in [4.78, 5) is 1.84. The molecule has 0 saturated carbocycles. The van der Waals surface area contributed by atoms with Gasteiger partial charge in [-0.05, 0) is 35.8 Å². The van der Waals surface area contributed by atoms with Crippen molar-refractivity contribution in [3.8, 4) is 0 Å². The lowest BCUT2D eigenvalue weighted by Crippen LogP contribution is -2.36. The highest BCUT2D eigenvalue weighted by Crippen LogP contribution is 2.23. The molecule has 0 atom stereocenters. The van der Waals surface area contributed by atoms with Gasteiger partial charge in [0, 0.05) is 57.5 Å². The molecule has 0 saturated heterocycles. The normalized spacial score (nSPS) is 15.8. The molecule has 0 amide bonds. The van der Waals surface area contributed by atoms with Crippen molar-refractivity contribution in [3.63, 3.8) is 0 Å². The molecule has 7 N–H and O–H groups in total. The third-order valence-corrected chi connectivity index (χ3v) is 4.94. The molecule has 0 aromatic carbocycles. The number of nitrogens with zero attached hydrogens (tertiary/aromatic N) is 1. The van der Waals surface area contributed by atoms with Gasteiger partial charge in [-0.2, -0.15) is 0 Å². The molecule has 9 nitrogen and oxygen atoms in total. The predicted octanol–water partition coefficient (Wildman–Crippen LogP) is 2.14. The summed E-state index contributed by atoms with van der Waals surface area (Å²) >= 11 is 0. The Morgan fingerprint density at radius 1 is 1.25 bits per heavy atom. The molecular formula is C23H34N8O. The number of rotatable bonds is 10. The molecule has 0 fully saturated rings. The summed E-state index contributed by atoms with van der Waals surface area (Å²) in [5, 5.41) is 36.9. The number of nitrogens with one attached hydrogen (secondary N) is 7. The van der Waals surface area contributed by atoms with Crippen LogP contribution in [0.1, 0.15) is 13.8 Å². The van der Waals surface area contributed by atoms with E-state index in [1.54, 1.807) is 26.4 Å². The van der Waals surface area contributed by atoms with Crippen LogP contribution in [0, 0.1) is 22.1 Å². The fourth-order valence-corrected chi connectivity index (χ4v) is 3.03. The number of ether oxygens (including phenoxy) is 1. The molecule has 0 unspecified atom stereocenters. The zero-order valence-corrected chi connectivity index (χ0v) is 19.4. The maximum atomic E-state index is 8.60. The third kappa shape index (κ3) is 6.45. The van der Waals surface area contributed by atoms with Crippen molar-refractivity contribution in [2.75, 3.05) is 34.4 Å². The van der Waals surface area contributed by atoms with Gasteiger partial charge in [0.1, 0.15) is 17.5 Å². The van der Waals surface area contributed by atoms with E-state index < -0.39 is 0 Å². The van der Waals surface area contributed by atoms with Crippen LogP contribution in [0.15, 0.2) is 70.6 Å². The molecule has 2 aliphatic heterocycles. The number of amidine groups is 2. The molecule has 0 aliphatic carbocycles. The summed E-state index contributed by atoms with van der Waals surface area (Å²) in [6.07, 6.45) is 12.3. The molecule has 2 heterocycles. The fraction of sp³-hybridized carbons (Fsp3) is 0.348. The zero-order chi connectivity index (χ0) is 23.7. The van der Waals surface area contributed by atoms with Crippen LogP contribution in [-0.4, -0.2) is 57.1 Å². The lowest BCUT2D eigenvalue weighted by atomic mass is 10.0. The van der Waals surface area contributed by atoms with Crippen LogP contribution in [-0.2, 0) is 4.74 Å². The monoisotopic (exact) mass is 438 g/mol. The van der Waals surface area contributed by atoms with Gasteiger partial charge in [-0.25, -0.2) is 0 Å². The number of allylic oxidation sites excluding steroid dienone is 4. The minimum absolute atomic E-state index is 0.169. The number of dihydropyridines is 2. The van der Waals surface area contributed by atoms with Crippen molar-refractivity contribution in [1.82, 2.24) is 26.2 Å². The van der Waals surface area contributed by atoms with E-state index in [1.807, 2.05) is 50.2 Å². The first-order chi connectivity index (χ1) is 15.3. The molecule has 2 aliphatic rings. The van der Waals surface area contributed by atoms with Gasteiger partial charge >= 0.3 is 0 Å². The largest absolute Gasteiger partial charge is 0.393 e. The number of methoxy groups -OCH3 is 1. The number of fused-ring (bicyclic) bond motifs is 1. The van der Waals surface area contributed by atoms with E-state index in [0.717, 1.165) is 28.1 Å². The molecule has 172 valence electrons. The molecule has 2 rings (SSSR count). The van der Waals surface area contributed by atoms with Gasteiger partial charge in [0.2, 0.25) is 0 Å². The first-order valence-corrected chi connectivity index (χ1v) is 10.4. The highest BCUT2D eigenvalue weighted by atomic mass is 16.5. The topological polar surface area (TPSA) is 132 Å². The zero-order valence-electron chi connectivity index (χ0n) is 19.4. The summed E-state index contributed by atoms with van der Waals surface area (Å²) in [6, 6.07) is 0. The molecular weight excluding hydrogens is 404 g/mol. The Hall–Kier alpha value is -3.59. The van der Waals surface area contributed by atoms with Crippen LogP contribution < -0.4 is 21.3 Å². The van der Waals surface area contributed by atoms with Gasteiger partial charge in [-0.1, -0.05) is 13.8 Å². The van der Waals surface area contributed by atoms with Gasteiger partial charge in [0.05, 0.1) is 18.0 Å². The predicted molar refractivity (Wildman–Crippen MR) is 131 cm³/mol. The maximum Gasteiger partial charge on any atom is 0.130 e. The van der Waals surface area contributed by atoms with Crippen molar-refractivity contribution in [1.29, 1.82) is 16.2 Å². The Labute approximate surface area is 190 Å². The van der Waals surface area contributed by atoms with Crippen LogP contribution in [0.25, 0.3) is 0 Å².